The van der Waals surface area contributed by atoms with Crippen molar-refractivity contribution in [3.8, 4) is 6.07 Å². The number of nitrogens with zero attached hydrogens (tertiary/aromatic N) is 1. The molecule has 0 spiro atoms. The van der Waals surface area contributed by atoms with Crippen molar-refractivity contribution in [1.29, 1.82) is 5.26 Å². The van der Waals surface area contributed by atoms with Gasteiger partial charge in [-0.3, -0.25) is 4.79 Å². The first-order chi connectivity index (χ1) is 10.7. The molecule has 0 aromatic heterocycles. The molecule has 114 valence electrons. The molecule has 3 heteroatoms. The molecule has 4 saturated carbocycles. The van der Waals surface area contributed by atoms with Gasteiger partial charge in [0.2, 0.25) is 5.91 Å². The normalized spacial score (nSPS) is 35.1. The summed E-state index contributed by atoms with van der Waals surface area (Å²) in [7, 11) is 0. The van der Waals surface area contributed by atoms with Crippen molar-refractivity contribution in [2.24, 2.45) is 23.2 Å². The minimum Gasteiger partial charge on any atom is -0.325 e. The SMILES string of the molecule is N#Cc1ccccc1NC(=O)CC12CC3CC(CC(C3)C1)C2. The second-order valence-electron chi connectivity index (χ2n) is 7.80. The summed E-state index contributed by atoms with van der Waals surface area (Å²) in [6, 6.07) is 9.40. The summed E-state index contributed by atoms with van der Waals surface area (Å²) in [5.41, 5.74) is 1.45. The van der Waals surface area contributed by atoms with Crippen LogP contribution in [0, 0.1) is 34.5 Å². The van der Waals surface area contributed by atoms with Gasteiger partial charge in [0.15, 0.2) is 0 Å². The molecule has 0 saturated heterocycles. The largest absolute Gasteiger partial charge is 0.325 e. The van der Waals surface area contributed by atoms with E-state index in [2.05, 4.69) is 11.4 Å². The van der Waals surface area contributed by atoms with Gasteiger partial charge in [0.05, 0.1) is 11.3 Å². The molecule has 1 aromatic carbocycles. The van der Waals surface area contributed by atoms with Crippen LogP contribution < -0.4 is 5.32 Å². The van der Waals surface area contributed by atoms with Crippen molar-refractivity contribution in [3.05, 3.63) is 29.8 Å². The number of amides is 1. The number of hydrogen-bond donors (Lipinski definition) is 1. The molecule has 22 heavy (non-hydrogen) atoms. The van der Waals surface area contributed by atoms with Crippen LogP contribution in [-0.2, 0) is 4.79 Å². The van der Waals surface area contributed by atoms with Gasteiger partial charge in [0.1, 0.15) is 6.07 Å². The first kappa shape index (κ1) is 13.8. The molecule has 4 bridgehead atoms. The standard InChI is InChI=1S/C19H22N2O/c20-12-16-3-1-2-4-17(16)21-18(22)11-19-8-13-5-14(9-19)7-15(6-13)10-19/h1-4,13-15H,5-11H2,(H,21,22). The Bertz CT molecular complexity index is 608. The van der Waals surface area contributed by atoms with Crippen molar-refractivity contribution in [2.45, 2.75) is 44.9 Å². The third-order valence-electron chi connectivity index (χ3n) is 6.02. The number of hydrogen-bond acceptors (Lipinski definition) is 2. The Morgan fingerprint density at radius 3 is 2.32 bits per heavy atom. The van der Waals surface area contributed by atoms with Crippen molar-refractivity contribution in [3.63, 3.8) is 0 Å². The van der Waals surface area contributed by atoms with E-state index in [1.54, 1.807) is 6.07 Å². The van der Waals surface area contributed by atoms with Gasteiger partial charge in [-0.15, -0.1) is 0 Å². The molecule has 0 atom stereocenters. The highest BCUT2D eigenvalue weighted by atomic mass is 16.1. The fourth-order valence-electron chi connectivity index (χ4n) is 5.73. The second-order valence-corrected chi connectivity index (χ2v) is 7.80. The van der Waals surface area contributed by atoms with Gasteiger partial charge in [0, 0.05) is 6.42 Å². The van der Waals surface area contributed by atoms with Crippen molar-refractivity contribution < 1.29 is 4.79 Å². The predicted molar refractivity (Wildman–Crippen MR) is 85.0 cm³/mol. The van der Waals surface area contributed by atoms with Gasteiger partial charge in [-0.2, -0.15) is 5.26 Å². The number of nitrogens with one attached hydrogen (secondary N) is 1. The maximum Gasteiger partial charge on any atom is 0.224 e. The zero-order valence-corrected chi connectivity index (χ0v) is 12.8. The number of benzene rings is 1. The third-order valence-corrected chi connectivity index (χ3v) is 6.02. The zero-order chi connectivity index (χ0) is 15.2. The number of carbonyl (C=O) groups is 1. The number of carbonyl (C=O) groups excluding carboxylic acids is 1. The van der Waals surface area contributed by atoms with Crippen molar-refractivity contribution in [1.82, 2.24) is 0 Å². The lowest BCUT2D eigenvalue weighted by molar-refractivity contribution is -0.124. The third kappa shape index (κ3) is 2.41. The van der Waals surface area contributed by atoms with E-state index in [4.69, 9.17) is 5.26 Å². The summed E-state index contributed by atoms with van der Waals surface area (Å²) in [6.07, 6.45) is 8.57. The quantitative estimate of drug-likeness (QED) is 0.912. The van der Waals surface area contributed by atoms with Crippen molar-refractivity contribution in [2.75, 3.05) is 5.32 Å². The van der Waals surface area contributed by atoms with Crippen LogP contribution in [0.1, 0.15) is 50.5 Å². The number of rotatable bonds is 3. The molecule has 1 aromatic rings. The van der Waals surface area contributed by atoms with Gasteiger partial charge in [-0.1, -0.05) is 12.1 Å². The summed E-state index contributed by atoms with van der Waals surface area (Å²) in [5.74, 6) is 2.69. The lowest BCUT2D eigenvalue weighted by atomic mass is 9.49. The zero-order valence-electron chi connectivity index (χ0n) is 12.8. The second kappa shape index (κ2) is 5.12. The van der Waals surface area contributed by atoms with E-state index in [-0.39, 0.29) is 11.3 Å². The molecule has 0 radical (unpaired) electrons. The van der Waals surface area contributed by atoms with E-state index >= 15 is 0 Å². The van der Waals surface area contributed by atoms with E-state index in [1.165, 1.54) is 38.5 Å². The van der Waals surface area contributed by atoms with Crippen LogP contribution in [0.25, 0.3) is 0 Å². The molecular formula is C19H22N2O. The molecule has 5 rings (SSSR count). The molecule has 0 aliphatic heterocycles. The molecule has 4 aliphatic rings. The summed E-state index contributed by atoms with van der Waals surface area (Å²) >= 11 is 0. The molecule has 3 nitrogen and oxygen atoms in total. The maximum atomic E-state index is 12.5. The molecule has 1 amide bonds. The molecule has 0 heterocycles. The monoisotopic (exact) mass is 294 g/mol. The first-order valence-electron chi connectivity index (χ1n) is 8.45. The summed E-state index contributed by atoms with van der Waals surface area (Å²) < 4.78 is 0. The lowest BCUT2D eigenvalue weighted by Crippen LogP contribution is -2.47. The Hall–Kier alpha value is -1.82. The molecule has 1 N–H and O–H groups in total. The highest BCUT2D eigenvalue weighted by molar-refractivity contribution is 5.92. The van der Waals surface area contributed by atoms with Gasteiger partial charge in [-0.25, -0.2) is 0 Å². The van der Waals surface area contributed by atoms with Crippen LogP contribution in [0.2, 0.25) is 0 Å². The Morgan fingerprint density at radius 1 is 1.14 bits per heavy atom. The van der Waals surface area contributed by atoms with Crippen LogP contribution in [0.15, 0.2) is 24.3 Å². The molecular weight excluding hydrogens is 272 g/mol. The predicted octanol–water partition coefficient (Wildman–Crippen LogP) is 4.10. The minimum absolute atomic E-state index is 0.0876. The van der Waals surface area contributed by atoms with E-state index in [1.807, 2.05) is 18.2 Å². The molecule has 4 aliphatic carbocycles. The number of nitriles is 1. The lowest BCUT2D eigenvalue weighted by Gasteiger charge is -2.56. The van der Waals surface area contributed by atoms with Gasteiger partial charge < -0.3 is 5.32 Å². The Labute approximate surface area is 131 Å². The highest BCUT2D eigenvalue weighted by Gasteiger charge is 2.51. The van der Waals surface area contributed by atoms with Gasteiger partial charge in [0.25, 0.3) is 0 Å². The van der Waals surface area contributed by atoms with Gasteiger partial charge in [-0.05, 0) is 73.8 Å². The van der Waals surface area contributed by atoms with Crippen LogP contribution in [-0.4, -0.2) is 5.91 Å². The Balaban J connectivity index is 1.47. The van der Waals surface area contributed by atoms with E-state index in [9.17, 15) is 4.79 Å². The topological polar surface area (TPSA) is 52.9 Å². The smallest absolute Gasteiger partial charge is 0.224 e. The van der Waals surface area contributed by atoms with Crippen LogP contribution in [0.5, 0.6) is 0 Å². The fourth-order valence-corrected chi connectivity index (χ4v) is 5.73. The minimum atomic E-state index is 0.0876. The number of anilines is 1. The van der Waals surface area contributed by atoms with Crippen LogP contribution in [0.4, 0.5) is 5.69 Å². The van der Waals surface area contributed by atoms with E-state index in [0.717, 1.165) is 17.8 Å². The van der Waals surface area contributed by atoms with E-state index < -0.39 is 0 Å². The van der Waals surface area contributed by atoms with Gasteiger partial charge >= 0.3 is 0 Å². The Kier molecular flexibility index (Phi) is 3.22. The summed E-state index contributed by atoms with van der Waals surface area (Å²) in [6.45, 7) is 0. The Morgan fingerprint density at radius 2 is 1.73 bits per heavy atom. The van der Waals surface area contributed by atoms with Crippen LogP contribution >= 0.6 is 0 Å². The van der Waals surface area contributed by atoms with E-state index in [0.29, 0.717) is 17.7 Å². The fraction of sp³-hybridized carbons (Fsp3) is 0.579. The average Bonchev–Trinajstić information content (AvgIpc) is 2.45. The number of para-hydroxylation sites is 1. The first-order valence-corrected chi connectivity index (χ1v) is 8.45. The highest BCUT2D eigenvalue weighted by Crippen LogP contribution is 2.61. The summed E-state index contributed by atoms with van der Waals surface area (Å²) in [4.78, 5) is 12.5. The molecule has 0 unspecified atom stereocenters. The molecule has 4 fully saturated rings. The maximum absolute atomic E-state index is 12.5. The summed E-state index contributed by atoms with van der Waals surface area (Å²) in [5, 5.41) is 12.1. The van der Waals surface area contributed by atoms with Crippen molar-refractivity contribution >= 4 is 11.6 Å². The van der Waals surface area contributed by atoms with Crippen LogP contribution in [0.3, 0.4) is 0 Å². The average molecular weight is 294 g/mol.